The molecule has 87 heteroatoms. The molecule has 0 aromatic carbocycles. The minimum absolute atomic E-state index is 0. The van der Waals surface area contributed by atoms with Crippen molar-refractivity contribution in [3.05, 3.63) is 0 Å². The van der Waals surface area contributed by atoms with Crippen LogP contribution in [0.1, 0.15) is 0 Å². The van der Waals surface area contributed by atoms with E-state index in [1.54, 1.807) is 0 Å². The van der Waals surface area contributed by atoms with E-state index in [-0.39, 0.29) is 1810 Å². The van der Waals surface area contributed by atoms with Crippen LogP contribution in [-0.2, 0) is 1810 Å². The quantitative estimate of drug-likeness (QED) is 0.281. The second kappa shape index (κ2) is 871. The van der Waals surface area contributed by atoms with Crippen molar-refractivity contribution in [3.8, 4) is 0 Å². The Hall–Kier alpha value is 58.4. The van der Waals surface area contributed by atoms with E-state index >= 15 is 0 Å². The summed E-state index contributed by atoms with van der Waals surface area (Å²) in [4.78, 5) is 0. The van der Waals surface area contributed by atoms with Crippen molar-refractivity contribution < 1.29 is 1810 Å². The standard InChI is InChI=1S/5O.82Ti/q5*-2;82*+4. The molecular weight excluding hydrogens is 4010 g/mol. The van der Waals surface area contributed by atoms with Crippen LogP contribution in [0.5, 0.6) is 0 Å². The molecule has 0 heterocycles. The summed E-state index contributed by atoms with van der Waals surface area (Å²) in [5.41, 5.74) is 0. The van der Waals surface area contributed by atoms with Crippen molar-refractivity contribution in [2.45, 2.75) is 0 Å². The maximum absolute atomic E-state index is 0. The molecule has 5 nitrogen and oxygen atoms in total. The predicted octanol–water partition coefficient (Wildman–Crippen LogP) is -0.799. The van der Waals surface area contributed by atoms with Crippen LogP contribution >= 0.6 is 0 Å². The zero-order chi connectivity index (χ0) is 0. The summed E-state index contributed by atoms with van der Waals surface area (Å²) in [6.45, 7) is 0. The summed E-state index contributed by atoms with van der Waals surface area (Å²) in [7, 11) is 0. The summed E-state index contributed by atoms with van der Waals surface area (Å²) in [6, 6.07) is 0. The molecule has 40 valence electrons. The molecule has 0 unspecified atom stereocenters. The number of hydrogen-bond acceptors (Lipinski definition) is 0. The third-order valence-corrected chi connectivity index (χ3v) is 0. The van der Waals surface area contributed by atoms with Crippen LogP contribution in [0.25, 0.3) is 0 Å². The molecule has 0 saturated heterocycles. The largest absolute Gasteiger partial charge is 4.00 e. The zero-order valence-corrected chi connectivity index (χ0v) is 171. The van der Waals surface area contributed by atoms with Crippen LogP contribution in [-0.4, -0.2) is 0 Å². The van der Waals surface area contributed by atoms with E-state index in [1.807, 2.05) is 0 Å². The van der Waals surface area contributed by atoms with E-state index in [0.717, 1.165) is 0 Å². The third kappa shape index (κ3) is 859. The molecule has 0 atom stereocenters. The molecule has 0 aliphatic carbocycles. The molecule has 0 rings (SSSR count). The molecule has 0 amide bonds. The fourth-order valence-electron chi connectivity index (χ4n) is 0. The average molecular weight is 4010 g/mol. The van der Waals surface area contributed by atoms with Gasteiger partial charge in [0.15, 0.2) is 0 Å². The summed E-state index contributed by atoms with van der Waals surface area (Å²) < 4.78 is 0. The van der Waals surface area contributed by atoms with Gasteiger partial charge in [0.1, 0.15) is 0 Å². The van der Waals surface area contributed by atoms with Gasteiger partial charge in [-0.15, -0.1) is 0 Å². The van der Waals surface area contributed by atoms with Crippen molar-refractivity contribution >= 4 is 0 Å². The van der Waals surface area contributed by atoms with E-state index in [2.05, 4.69) is 0 Å². The Bertz CT molecular complexity index is 27.6. The van der Waals surface area contributed by atoms with Crippen molar-refractivity contribution in [1.82, 2.24) is 0 Å². The Balaban J connectivity index is 0. The molecule has 0 aromatic heterocycles. The van der Waals surface area contributed by atoms with Gasteiger partial charge in [-0.05, 0) is 0 Å². The van der Waals surface area contributed by atoms with Gasteiger partial charge >= 0.3 is 1780 Å². The molecule has 0 fully saturated rings. The number of rotatable bonds is 0. The Kier molecular flexibility index (Phi) is 8900. The van der Waals surface area contributed by atoms with Crippen molar-refractivity contribution in [2.75, 3.05) is 0 Å². The zero-order valence-electron chi connectivity index (χ0n) is 43.0. The monoisotopic (exact) mass is 4010 g/mol. The van der Waals surface area contributed by atoms with Gasteiger partial charge in [-0.2, -0.15) is 0 Å². The van der Waals surface area contributed by atoms with Gasteiger partial charge in [-0.1, -0.05) is 0 Å². The molecule has 0 saturated carbocycles. The van der Waals surface area contributed by atoms with Gasteiger partial charge in [0, 0.05) is 0 Å². The first kappa shape index (κ1) is 889. The average Bonchev–Trinajstić information content (AvgIpc) is 0. The van der Waals surface area contributed by atoms with E-state index in [1.165, 1.54) is 0 Å². The SMILES string of the molecule is [O-2].[O-2].[O-2].[O-2].[O-2].[Ti+4].[Ti+4].[Ti+4].[Ti+4].[Ti+4].[Ti+4].[Ti+4].[Ti+4].[Ti+4].[Ti+4].[Ti+4].[Ti+4].[Ti+4].[Ti+4].[Ti+4].[Ti+4].[Ti+4].[Ti+4].[Ti+4].[Ti+4].[Ti+4].[Ti+4].[Ti+4].[Ti+4].[Ti+4].[Ti+4].[Ti+4].[Ti+4].[Ti+4].[Ti+4].[Ti+4].[Ti+4].[Ti+4].[Ti+4].[Ti+4].[Ti+4].[Ti+4].[Ti+4].[Ti+4].[Ti+4].[Ti+4].[Ti+4].[Ti+4].[Ti+4].[Ti+4].[Ti+4].[Ti+4].[Ti+4].[Ti+4].[Ti+4].[Ti+4].[Ti+4].[Ti+4].[Ti+4].[Ti+4].[Ti+4].[Ti+4].[Ti+4].[Ti+4].[Ti+4].[Ti+4].[Ti+4].[Ti+4].[Ti+4].[Ti+4].[Ti+4].[Ti+4].[Ti+4].[Ti+4].[Ti+4].[Ti+4].[Ti+4].[Ti+4].[Ti+4].[Ti+4].[Ti+4].[Ti+4].[Ti+4].[Ti+4].[Ti+4].[Ti+4].[Ti+4]. The van der Waals surface area contributed by atoms with E-state index in [4.69, 9.17) is 0 Å². The first-order valence-electron chi connectivity index (χ1n) is 0. The smallest absolute Gasteiger partial charge is 2.00 e. The van der Waals surface area contributed by atoms with Gasteiger partial charge in [0.05, 0.1) is 0 Å². The first-order valence-corrected chi connectivity index (χ1v) is 0. The van der Waals surface area contributed by atoms with E-state index in [0.29, 0.717) is 0 Å². The second-order valence-corrected chi connectivity index (χ2v) is 0. The minimum atomic E-state index is 0. The number of hydrogen-bond donors (Lipinski definition) is 0. The summed E-state index contributed by atoms with van der Waals surface area (Å²) in [6.07, 6.45) is 0. The van der Waals surface area contributed by atoms with Gasteiger partial charge in [0.25, 0.3) is 0 Å². The minimum Gasteiger partial charge on any atom is -2.00 e. The molecule has 0 aromatic rings. The predicted molar refractivity (Wildman–Crippen MR) is 3.43 cm³/mol. The molecule has 0 N–H and O–H groups in total. The van der Waals surface area contributed by atoms with Gasteiger partial charge < -0.3 is 27.4 Å². The van der Waals surface area contributed by atoms with E-state index in [9.17, 15) is 0 Å². The van der Waals surface area contributed by atoms with Crippen LogP contribution in [0.4, 0.5) is 0 Å². The summed E-state index contributed by atoms with van der Waals surface area (Å²) >= 11 is 0. The fourth-order valence-corrected chi connectivity index (χ4v) is 0. The molecule has 87 heavy (non-hydrogen) atoms. The fraction of sp³-hybridized carbons (Fsp3) is 0. The Morgan fingerprint density at radius 3 is 0.0230 bits per heavy atom. The van der Waals surface area contributed by atoms with Crippen molar-refractivity contribution in [2.24, 2.45) is 0 Å². The van der Waals surface area contributed by atoms with E-state index < -0.39 is 0 Å². The van der Waals surface area contributed by atoms with Crippen LogP contribution < -0.4 is 0 Å². The third-order valence-electron chi connectivity index (χ3n) is 0. The molecule has 0 radical (unpaired) electrons. The Morgan fingerprint density at radius 1 is 0.0230 bits per heavy atom. The molecular formula is O5Ti82+318. The maximum Gasteiger partial charge on any atom is 4.00 e. The van der Waals surface area contributed by atoms with Gasteiger partial charge in [-0.3, -0.25) is 0 Å². The van der Waals surface area contributed by atoms with Crippen LogP contribution in [0.2, 0.25) is 0 Å². The maximum atomic E-state index is 0. The summed E-state index contributed by atoms with van der Waals surface area (Å²) in [5, 5.41) is 0. The molecule has 0 bridgehead atoms. The normalized spacial score (nSPS) is 0. The summed E-state index contributed by atoms with van der Waals surface area (Å²) in [5.74, 6) is 0. The molecule has 0 aliphatic rings. The van der Waals surface area contributed by atoms with Crippen LogP contribution in [0, 0.1) is 0 Å². The van der Waals surface area contributed by atoms with Crippen molar-refractivity contribution in [1.29, 1.82) is 0 Å². The molecule has 0 aliphatic heterocycles. The van der Waals surface area contributed by atoms with Crippen LogP contribution in [0.3, 0.4) is 0 Å². The first-order chi connectivity index (χ1) is 0. The Labute approximate surface area is 1750 Å². The molecule has 0 spiro atoms. The Morgan fingerprint density at radius 2 is 0.0230 bits per heavy atom. The van der Waals surface area contributed by atoms with Crippen LogP contribution in [0.15, 0.2) is 0 Å². The topological polar surface area (TPSA) is 142 Å². The van der Waals surface area contributed by atoms with Gasteiger partial charge in [0.2, 0.25) is 0 Å². The van der Waals surface area contributed by atoms with Crippen molar-refractivity contribution in [3.63, 3.8) is 0 Å². The second-order valence-electron chi connectivity index (χ2n) is 0. The van der Waals surface area contributed by atoms with Gasteiger partial charge in [-0.25, -0.2) is 0 Å².